The summed E-state index contributed by atoms with van der Waals surface area (Å²) in [6, 6.07) is -0.0680. The molecule has 4 unspecified atom stereocenters. The van der Waals surface area contributed by atoms with Crippen LogP contribution in [-0.4, -0.2) is 26.5 Å². The molecule has 2 N–H and O–H groups in total. The van der Waals surface area contributed by atoms with Crippen LogP contribution in [0, 0.1) is 11.8 Å². The molecular weight excluding hydrogens is 149 g/mol. The van der Waals surface area contributed by atoms with Crippen molar-refractivity contribution in [1.82, 2.24) is 0 Å². The summed E-state index contributed by atoms with van der Waals surface area (Å²) in [5.74, 6) is 1.08. The Hall–Kier alpha value is -0.0151. The van der Waals surface area contributed by atoms with Gasteiger partial charge in [-0.25, -0.2) is 0 Å². The van der Waals surface area contributed by atoms with Crippen molar-refractivity contribution in [3.8, 4) is 0 Å². The van der Waals surface area contributed by atoms with E-state index >= 15 is 0 Å². The topological polar surface area (TPSA) is 35.2 Å². The summed E-state index contributed by atoms with van der Waals surface area (Å²) >= 11 is 0. The molecule has 0 amide bonds. The summed E-state index contributed by atoms with van der Waals surface area (Å²) in [4.78, 5) is 0. The monoisotopic (exact) mass is 167 g/mol. The van der Waals surface area contributed by atoms with Gasteiger partial charge in [0.2, 0.25) is 0 Å². The van der Waals surface area contributed by atoms with Crippen molar-refractivity contribution < 1.29 is 4.74 Å². The molecule has 0 spiro atoms. The number of hydrogen-bond donors (Lipinski definition) is 1. The van der Waals surface area contributed by atoms with Gasteiger partial charge >= 0.3 is 0 Å². The van der Waals surface area contributed by atoms with E-state index in [0.29, 0.717) is 18.4 Å². The maximum Gasteiger partial charge on any atom is 0.109 e. The lowest BCUT2D eigenvalue weighted by atomic mass is 9.78. The zero-order valence-corrected chi connectivity index (χ0v) is 7.99. The van der Waals surface area contributed by atoms with Crippen LogP contribution in [0.1, 0.15) is 26.7 Å². The summed E-state index contributed by atoms with van der Waals surface area (Å²) in [7, 11) is 5.84. The lowest BCUT2D eigenvalue weighted by Gasteiger charge is -2.17. The van der Waals surface area contributed by atoms with Crippen molar-refractivity contribution in [3.63, 3.8) is 0 Å². The van der Waals surface area contributed by atoms with Gasteiger partial charge in [-0.15, -0.1) is 0 Å². The first-order chi connectivity index (χ1) is 5.70. The highest BCUT2D eigenvalue weighted by atomic mass is 16.5. The fourth-order valence-electron chi connectivity index (χ4n) is 2.10. The van der Waals surface area contributed by atoms with Crippen molar-refractivity contribution in [2.45, 2.75) is 38.8 Å². The number of rotatable bonds is 3. The molecule has 1 aliphatic rings. The lowest BCUT2D eigenvalue weighted by molar-refractivity contribution is 0.0674. The fourth-order valence-corrected chi connectivity index (χ4v) is 2.10. The average molecular weight is 167 g/mol. The molecule has 1 heterocycles. The second-order valence-electron chi connectivity index (χ2n) is 3.65. The zero-order chi connectivity index (χ0) is 9.14. The molecule has 0 saturated carbocycles. The Morgan fingerprint density at radius 3 is 2.58 bits per heavy atom. The second-order valence-corrected chi connectivity index (χ2v) is 3.65. The van der Waals surface area contributed by atoms with Gasteiger partial charge in [0, 0.05) is 6.00 Å². The van der Waals surface area contributed by atoms with E-state index in [1.54, 1.807) is 0 Å². The maximum absolute atomic E-state index is 5.84. The predicted octanol–water partition coefficient (Wildman–Crippen LogP) is 0.891. The van der Waals surface area contributed by atoms with Gasteiger partial charge in [-0.2, -0.15) is 0 Å². The Morgan fingerprint density at radius 2 is 2.17 bits per heavy atom. The molecule has 12 heavy (non-hydrogen) atoms. The van der Waals surface area contributed by atoms with Gasteiger partial charge in [0.25, 0.3) is 0 Å². The van der Waals surface area contributed by atoms with E-state index < -0.39 is 0 Å². The summed E-state index contributed by atoms with van der Waals surface area (Å²) in [6.45, 7) is 5.06. The van der Waals surface area contributed by atoms with Crippen LogP contribution in [0.3, 0.4) is 0 Å². The van der Waals surface area contributed by atoms with E-state index in [-0.39, 0.29) is 12.1 Å². The molecule has 1 aliphatic heterocycles. The third-order valence-electron chi connectivity index (χ3n) is 2.94. The summed E-state index contributed by atoms with van der Waals surface area (Å²) in [6.07, 6.45) is 2.32. The molecular formula is C9H18BNO. The highest BCUT2D eigenvalue weighted by Gasteiger charge is 2.36. The Bertz CT molecular complexity index is 142. The van der Waals surface area contributed by atoms with Crippen molar-refractivity contribution >= 4 is 7.85 Å². The minimum atomic E-state index is -0.0680. The Labute approximate surface area is 76.3 Å². The first kappa shape index (κ1) is 10.1. The van der Waals surface area contributed by atoms with Gasteiger partial charge in [0.1, 0.15) is 7.85 Å². The van der Waals surface area contributed by atoms with E-state index in [4.69, 9.17) is 18.3 Å². The van der Waals surface area contributed by atoms with Crippen LogP contribution in [-0.2, 0) is 4.74 Å². The molecule has 3 heteroatoms. The molecule has 1 fully saturated rings. The van der Waals surface area contributed by atoms with Crippen molar-refractivity contribution in [3.05, 3.63) is 0 Å². The molecule has 4 atom stereocenters. The Balaban J connectivity index is 2.49. The third-order valence-corrected chi connectivity index (χ3v) is 2.94. The van der Waals surface area contributed by atoms with E-state index in [1.165, 1.54) is 0 Å². The number of hydrogen-bond acceptors (Lipinski definition) is 2. The highest BCUT2D eigenvalue weighted by Crippen LogP contribution is 2.34. The first-order valence-corrected chi connectivity index (χ1v) is 4.81. The van der Waals surface area contributed by atoms with Crippen molar-refractivity contribution in [1.29, 1.82) is 0 Å². The SMILES string of the molecule is [B]C1OC(CCN)C(C)C1CC. The molecule has 0 bridgehead atoms. The van der Waals surface area contributed by atoms with Crippen molar-refractivity contribution in [2.24, 2.45) is 17.6 Å². The molecule has 0 aromatic heterocycles. The van der Waals surface area contributed by atoms with Crippen LogP contribution < -0.4 is 5.73 Å². The fraction of sp³-hybridized carbons (Fsp3) is 1.00. The molecule has 68 valence electrons. The van der Waals surface area contributed by atoms with E-state index in [1.807, 2.05) is 0 Å². The smallest absolute Gasteiger partial charge is 0.109 e. The summed E-state index contributed by atoms with van der Waals surface area (Å²) in [5.41, 5.74) is 5.48. The normalized spacial score (nSPS) is 41.9. The largest absolute Gasteiger partial charge is 0.384 e. The average Bonchev–Trinajstić information content (AvgIpc) is 2.29. The van der Waals surface area contributed by atoms with E-state index in [9.17, 15) is 0 Å². The van der Waals surface area contributed by atoms with Crippen LogP contribution in [0.15, 0.2) is 0 Å². The van der Waals surface area contributed by atoms with Crippen LogP contribution in [0.5, 0.6) is 0 Å². The number of ether oxygens (including phenoxy) is 1. The van der Waals surface area contributed by atoms with Gasteiger partial charge in [-0.1, -0.05) is 20.3 Å². The second kappa shape index (κ2) is 4.29. The molecule has 2 radical (unpaired) electrons. The third kappa shape index (κ3) is 1.83. The maximum atomic E-state index is 5.84. The summed E-state index contributed by atoms with van der Waals surface area (Å²) in [5, 5.41) is 0. The summed E-state index contributed by atoms with van der Waals surface area (Å²) < 4.78 is 5.62. The van der Waals surface area contributed by atoms with Crippen LogP contribution in [0.4, 0.5) is 0 Å². The standard InChI is InChI=1S/C9H18BNO/c1-3-7-6(2)8(4-5-11)12-9(7)10/h6-9H,3-5,11H2,1-2H3. The van der Waals surface area contributed by atoms with Gasteiger partial charge in [0.05, 0.1) is 6.10 Å². The van der Waals surface area contributed by atoms with E-state index in [0.717, 1.165) is 12.8 Å². The molecule has 1 rings (SSSR count). The van der Waals surface area contributed by atoms with Gasteiger partial charge in [-0.3, -0.25) is 0 Å². The Morgan fingerprint density at radius 1 is 1.50 bits per heavy atom. The Kier molecular flexibility index (Phi) is 3.60. The lowest BCUT2D eigenvalue weighted by Crippen LogP contribution is -2.20. The van der Waals surface area contributed by atoms with Crippen molar-refractivity contribution in [2.75, 3.05) is 6.54 Å². The molecule has 0 aromatic rings. The molecule has 0 aromatic carbocycles. The minimum Gasteiger partial charge on any atom is -0.384 e. The highest BCUT2D eigenvalue weighted by molar-refractivity contribution is 6.11. The van der Waals surface area contributed by atoms with Crippen LogP contribution in [0.25, 0.3) is 0 Å². The van der Waals surface area contributed by atoms with E-state index in [2.05, 4.69) is 13.8 Å². The molecule has 2 nitrogen and oxygen atoms in total. The van der Waals surface area contributed by atoms with Gasteiger partial charge < -0.3 is 10.5 Å². The van der Waals surface area contributed by atoms with Gasteiger partial charge in [0.15, 0.2) is 0 Å². The quantitative estimate of drug-likeness (QED) is 0.633. The van der Waals surface area contributed by atoms with Crippen LogP contribution in [0.2, 0.25) is 0 Å². The first-order valence-electron chi connectivity index (χ1n) is 4.81. The van der Waals surface area contributed by atoms with Gasteiger partial charge in [-0.05, 0) is 24.8 Å². The molecule has 1 saturated heterocycles. The minimum absolute atomic E-state index is 0.0680. The molecule has 0 aliphatic carbocycles. The van der Waals surface area contributed by atoms with Crippen LogP contribution >= 0.6 is 0 Å². The predicted molar refractivity (Wildman–Crippen MR) is 51.0 cm³/mol. The number of nitrogens with two attached hydrogens (primary N) is 1. The zero-order valence-electron chi connectivity index (χ0n) is 7.99.